The Morgan fingerprint density at radius 2 is 1.68 bits per heavy atom. The minimum Gasteiger partial charge on any atom is -0.495 e. The Kier molecular flexibility index (Phi) is 9.47. The molecule has 0 unspecified atom stereocenters. The van der Waals surface area contributed by atoms with E-state index >= 15 is 0 Å². The highest BCUT2D eigenvalue weighted by molar-refractivity contribution is 7.92. The van der Waals surface area contributed by atoms with Gasteiger partial charge >= 0.3 is 0 Å². The van der Waals surface area contributed by atoms with E-state index in [4.69, 9.17) is 21.1 Å². The summed E-state index contributed by atoms with van der Waals surface area (Å²) in [5.41, 5.74) is 3.68. The fraction of sp³-hybridized carbons (Fsp3) is 0.160. The topological polar surface area (TPSA) is 126 Å². The largest absolute Gasteiger partial charge is 0.495 e. The van der Waals surface area contributed by atoms with Crippen LogP contribution in [0.1, 0.15) is 5.56 Å². The third kappa shape index (κ3) is 8.23. The van der Waals surface area contributed by atoms with Crippen LogP contribution in [0, 0.1) is 0 Å². The summed E-state index contributed by atoms with van der Waals surface area (Å²) in [5, 5.41) is 6.97. The fourth-order valence-electron chi connectivity index (χ4n) is 3.11. The number of sulfonamides is 1. The number of hydrazone groups is 1. The van der Waals surface area contributed by atoms with Crippen LogP contribution >= 0.6 is 11.6 Å². The number of nitrogens with one attached hydrogen (secondary N) is 2. The molecule has 0 bridgehead atoms. The lowest BCUT2D eigenvalue weighted by atomic mass is 10.2. The number of anilines is 2. The zero-order chi connectivity index (χ0) is 26.8. The smallest absolute Gasteiger partial charge is 0.262 e. The van der Waals surface area contributed by atoms with Crippen LogP contribution in [0.25, 0.3) is 0 Å². The van der Waals surface area contributed by atoms with E-state index in [1.54, 1.807) is 72.8 Å². The van der Waals surface area contributed by atoms with Crippen LogP contribution in [-0.2, 0) is 19.6 Å². The normalized spacial score (nSPS) is 11.1. The Bertz CT molecular complexity index is 1380. The Labute approximate surface area is 219 Å². The number of hydrogen-bond acceptors (Lipinski definition) is 7. The molecule has 0 saturated carbocycles. The molecule has 37 heavy (non-hydrogen) atoms. The van der Waals surface area contributed by atoms with Gasteiger partial charge < -0.3 is 14.8 Å². The summed E-state index contributed by atoms with van der Waals surface area (Å²) in [7, 11) is -2.36. The molecule has 3 aromatic rings. The molecule has 0 spiro atoms. The summed E-state index contributed by atoms with van der Waals surface area (Å²) in [6.45, 7) is -0.697. The second-order valence-corrected chi connectivity index (χ2v) is 9.93. The second-order valence-electron chi connectivity index (χ2n) is 7.62. The molecule has 0 atom stereocenters. The first kappa shape index (κ1) is 27.5. The highest BCUT2D eigenvalue weighted by atomic mass is 35.5. The zero-order valence-corrected chi connectivity index (χ0v) is 21.6. The molecule has 12 heteroatoms. The summed E-state index contributed by atoms with van der Waals surface area (Å²) in [6.07, 6.45) is 2.39. The first-order valence-corrected chi connectivity index (χ1v) is 13.1. The molecule has 0 aliphatic rings. The molecule has 2 amide bonds. The van der Waals surface area contributed by atoms with Crippen molar-refractivity contribution in [3.8, 4) is 11.5 Å². The molecular formula is C25H25ClN4O6S. The maximum absolute atomic E-state index is 12.4. The molecule has 3 aromatic carbocycles. The molecular weight excluding hydrogens is 520 g/mol. The van der Waals surface area contributed by atoms with Crippen LogP contribution in [0.2, 0.25) is 5.02 Å². The summed E-state index contributed by atoms with van der Waals surface area (Å²) >= 11 is 6.02. The highest BCUT2D eigenvalue weighted by Crippen LogP contribution is 2.29. The van der Waals surface area contributed by atoms with Gasteiger partial charge in [-0.05, 0) is 54.1 Å². The minimum atomic E-state index is -3.77. The summed E-state index contributed by atoms with van der Waals surface area (Å²) in [5.74, 6) is -0.237. The molecule has 0 saturated heterocycles. The molecule has 0 aliphatic heterocycles. The van der Waals surface area contributed by atoms with Crippen molar-refractivity contribution in [2.24, 2.45) is 5.10 Å². The SMILES string of the molecule is COc1ccccc1N(CC(=O)N/N=C\c1ccc(OCC(=O)Nc2ccccc2Cl)cc1)S(C)(=O)=O. The van der Waals surface area contributed by atoms with Gasteiger partial charge in [0.1, 0.15) is 18.0 Å². The number of benzene rings is 3. The zero-order valence-electron chi connectivity index (χ0n) is 20.0. The van der Waals surface area contributed by atoms with Crippen molar-refractivity contribution in [2.45, 2.75) is 0 Å². The Morgan fingerprint density at radius 1 is 1.00 bits per heavy atom. The molecule has 0 aromatic heterocycles. The van der Waals surface area contributed by atoms with Gasteiger partial charge in [0.05, 0.1) is 36.0 Å². The number of nitrogens with zero attached hydrogens (tertiary/aromatic N) is 2. The number of methoxy groups -OCH3 is 1. The van der Waals surface area contributed by atoms with Gasteiger partial charge in [0, 0.05) is 0 Å². The molecule has 2 N–H and O–H groups in total. The number of carbonyl (C=O) groups is 2. The van der Waals surface area contributed by atoms with E-state index in [1.807, 2.05) is 0 Å². The van der Waals surface area contributed by atoms with E-state index in [2.05, 4.69) is 15.8 Å². The Balaban J connectivity index is 1.52. The van der Waals surface area contributed by atoms with E-state index in [1.165, 1.54) is 13.3 Å². The van der Waals surface area contributed by atoms with E-state index < -0.39 is 22.5 Å². The van der Waals surface area contributed by atoms with E-state index in [-0.39, 0.29) is 18.2 Å². The minimum absolute atomic E-state index is 0.211. The lowest BCUT2D eigenvalue weighted by Gasteiger charge is -2.23. The molecule has 194 valence electrons. The predicted octanol–water partition coefficient (Wildman–Crippen LogP) is 3.28. The molecule has 0 aliphatic carbocycles. The van der Waals surface area contributed by atoms with Gasteiger partial charge in [-0.25, -0.2) is 13.8 Å². The van der Waals surface area contributed by atoms with Crippen LogP contribution in [0.3, 0.4) is 0 Å². The average Bonchev–Trinajstić information content (AvgIpc) is 2.87. The van der Waals surface area contributed by atoms with Gasteiger partial charge in [-0.1, -0.05) is 35.9 Å². The van der Waals surface area contributed by atoms with Crippen molar-refractivity contribution in [3.63, 3.8) is 0 Å². The number of halogens is 1. The van der Waals surface area contributed by atoms with Crippen LogP contribution in [0.5, 0.6) is 11.5 Å². The van der Waals surface area contributed by atoms with Crippen LogP contribution in [-0.4, -0.2) is 53.0 Å². The summed E-state index contributed by atoms with van der Waals surface area (Å²) < 4.78 is 36.2. The van der Waals surface area contributed by atoms with Gasteiger partial charge in [0.15, 0.2) is 6.61 Å². The van der Waals surface area contributed by atoms with Crippen LogP contribution < -0.4 is 24.5 Å². The number of carbonyl (C=O) groups excluding carboxylic acids is 2. The maximum atomic E-state index is 12.4. The van der Waals surface area contributed by atoms with Gasteiger partial charge in [0.25, 0.3) is 11.8 Å². The first-order valence-electron chi connectivity index (χ1n) is 10.9. The maximum Gasteiger partial charge on any atom is 0.262 e. The number of ether oxygens (including phenoxy) is 2. The average molecular weight is 545 g/mol. The first-order chi connectivity index (χ1) is 17.7. The molecule has 3 rings (SSSR count). The molecule has 10 nitrogen and oxygen atoms in total. The number of hydrogen-bond donors (Lipinski definition) is 2. The predicted molar refractivity (Wildman–Crippen MR) is 143 cm³/mol. The fourth-order valence-corrected chi connectivity index (χ4v) is 4.15. The lowest BCUT2D eigenvalue weighted by molar-refractivity contribution is -0.119. The highest BCUT2D eigenvalue weighted by Gasteiger charge is 2.23. The third-order valence-electron chi connectivity index (χ3n) is 4.84. The van der Waals surface area contributed by atoms with E-state index in [9.17, 15) is 18.0 Å². The van der Waals surface area contributed by atoms with Crippen LogP contribution in [0.15, 0.2) is 77.9 Å². The monoisotopic (exact) mass is 544 g/mol. The Morgan fingerprint density at radius 3 is 2.35 bits per heavy atom. The van der Waals surface area contributed by atoms with Gasteiger partial charge in [0.2, 0.25) is 10.0 Å². The van der Waals surface area contributed by atoms with Crippen molar-refractivity contribution >= 4 is 51.0 Å². The molecule has 0 heterocycles. The molecule has 0 fully saturated rings. The van der Waals surface area contributed by atoms with Crippen molar-refractivity contribution in [1.82, 2.24) is 5.43 Å². The third-order valence-corrected chi connectivity index (χ3v) is 6.30. The molecule has 0 radical (unpaired) electrons. The van der Waals surface area contributed by atoms with Crippen LogP contribution in [0.4, 0.5) is 11.4 Å². The summed E-state index contributed by atoms with van der Waals surface area (Å²) in [6, 6.07) is 20.0. The lowest BCUT2D eigenvalue weighted by Crippen LogP contribution is -2.39. The Hall–Kier alpha value is -4.09. The van der Waals surface area contributed by atoms with E-state index in [0.717, 1.165) is 10.6 Å². The number of para-hydroxylation sites is 3. The standard InChI is InChI=1S/C25H25ClN4O6S/c1-35-23-10-6-5-9-22(23)30(37(2,33)34)16-24(31)29-27-15-18-11-13-19(14-12-18)36-17-25(32)28-21-8-4-3-7-20(21)26/h3-15H,16-17H2,1-2H3,(H,28,32)(H,29,31)/b27-15-. The summed E-state index contributed by atoms with van der Waals surface area (Å²) in [4.78, 5) is 24.5. The number of rotatable bonds is 11. The van der Waals surface area contributed by atoms with Crippen molar-refractivity contribution in [3.05, 3.63) is 83.4 Å². The van der Waals surface area contributed by atoms with Crippen molar-refractivity contribution in [2.75, 3.05) is 36.1 Å². The van der Waals surface area contributed by atoms with Crippen molar-refractivity contribution in [1.29, 1.82) is 0 Å². The van der Waals surface area contributed by atoms with Gasteiger partial charge in [-0.3, -0.25) is 13.9 Å². The second kappa shape index (κ2) is 12.7. The van der Waals surface area contributed by atoms with E-state index in [0.29, 0.717) is 27.8 Å². The quantitative estimate of drug-likeness (QED) is 0.282. The van der Waals surface area contributed by atoms with Crippen molar-refractivity contribution < 1.29 is 27.5 Å². The number of amides is 2. The van der Waals surface area contributed by atoms with Gasteiger partial charge in [-0.2, -0.15) is 5.10 Å². The van der Waals surface area contributed by atoms with Gasteiger partial charge in [-0.15, -0.1) is 0 Å².